The number of benzene rings is 2. The zero-order chi connectivity index (χ0) is 13.8. The average Bonchev–Trinajstić information content (AvgIpc) is 2.37. The van der Waals surface area contributed by atoms with Crippen LogP contribution in [0.2, 0.25) is 5.02 Å². The fourth-order valence-corrected chi connectivity index (χ4v) is 1.94. The maximum absolute atomic E-state index is 13.2. The molecule has 0 heterocycles. The standard InChI is InChI=1S/C15H14ClFO2/c1-10(18)13-7-6-12(17)8-15(13)19-9-11-4-2-3-5-14(11)16/h2-8,10,18H,9H2,1H3. The van der Waals surface area contributed by atoms with Crippen molar-refractivity contribution >= 4 is 11.6 Å². The molecule has 2 aromatic rings. The van der Waals surface area contributed by atoms with Crippen molar-refractivity contribution in [3.8, 4) is 5.75 Å². The predicted molar refractivity (Wildman–Crippen MR) is 72.8 cm³/mol. The molecule has 2 nitrogen and oxygen atoms in total. The van der Waals surface area contributed by atoms with Crippen molar-refractivity contribution < 1.29 is 14.2 Å². The lowest BCUT2D eigenvalue weighted by molar-refractivity contribution is 0.190. The molecule has 0 saturated heterocycles. The molecule has 1 N–H and O–H groups in total. The van der Waals surface area contributed by atoms with Gasteiger partial charge >= 0.3 is 0 Å². The van der Waals surface area contributed by atoms with Gasteiger partial charge in [-0.3, -0.25) is 0 Å². The molecule has 19 heavy (non-hydrogen) atoms. The quantitative estimate of drug-likeness (QED) is 0.913. The van der Waals surface area contributed by atoms with Gasteiger partial charge in [0.1, 0.15) is 18.2 Å². The highest BCUT2D eigenvalue weighted by Crippen LogP contribution is 2.27. The van der Waals surface area contributed by atoms with E-state index in [-0.39, 0.29) is 6.61 Å². The first kappa shape index (κ1) is 13.8. The SMILES string of the molecule is CC(O)c1ccc(F)cc1OCc1ccccc1Cl. The van der Waals surface area contributed by atoms with Crippen molar-refractivity contribution in [1.82, 2.24) is 0 Å². The Kier molecular flexibility index (Phi) is 4.40. The molecular formula is C15H14ClFO2. The molecule has 100 valence electrons. The molecule has 1 atom stereocenters. The summed E-state index contributed by atoms with van der Waals surface area (Å²) in [4.78, 5) is 0. The van der Waals surface area contributed by atoms with E-state index in [4.69, 9.17) is 16.3 Å². The Balaban J connectivity index is 2.19. The van der Waals surface area contributed by atoms with Gasteiger partial charge in [0.2, 0.25) is 0 Å². The molecule has 2 rings (SSSR count). The van der Waals surface area contributed by atoms with E-state index in [0.717, 1.165) is 5.56 Å². The summed E-state index contributed by atoms with van der Waals surface area (Å²) in [6, 6.07) is 11.4. The largest absolute Gasteiger partial charge is 0.488 e. The Hall–Kier alpha value is -1.58. The molecule has 1 unspecified atom stereocenters. The summed E-state index contributed by atoms with van der Waals surface area (Å²) in [5, 5.41) is 10.2. The molecule has 0 saturated carbocycles. The third-order valence-electron chi connectivity index (χ3n) is 2.77. The number of halogens is 2. The van der Waals surface area contributed by atoms with Crippen molar-refractivity contribution in [3.63, 3.8) is 0 Å². The zero-order valence-corrected chi connectivity index (χ0v) is 11.2. The van der Waals surface area contributed by atoms with Gasteiger partial charge in [-0.1, -0.05) is 29.8 Å². The van der Waals surface area contributed by atoms with Crippen molar-refractivity contribution in [1.29, 1.82) is 0 Å². The second-order valence-electron chi connectivity index (χ2n) is 4.24. The number of ether oxygens (including phenoxy) is 1. The monoisotopic (exact) mass is 280 g/mol. The van der Waals surface area contributed by atoms with Gasteiger partial charge in [-0.2, -0.15) is 0 Å². The Morgan fingerprint density at radius 1 is 1.26 bits per heavy atom. The van der Waals surface area contributed by atoms with Gasteiger partial charge < -0.3 is 9.84 Å². The Morgan fingerprint density at radius 2 is 2.00 bits per heavy atom. The second kappa shape index (κ2) is 6.04. The summed E-state index contributed by atoms with van der Waals surface area (Å²) >= 11 is 6.02. The first-order chi connectivity index (χ1) is 9.08. The molecule has 4 heteroatoms. The number of hydrogen-bond donors (Lipinski definition) is 1. The van der Waals surface area contributed by atoms with Gasteiger partial charge in [-0.25, -0.2) is 4.39 Å². The number of aliphatic hydroxyl groups excluding tert-OH is 1. The van der Waals surface area contributed by atoms with Crippen LogP contribution in [0.15, 0.2) is 42.5 Å². The zero-order valence-electron chi connectivity index (χ0n) is 10.4. The molecule has 0 aliphatic rings. The average molecular weight is 281 g/mol. The van der Waals surface area contributed by atoms with Crippen LogP contribution in [-0.2, 0) is 6.61 Å². The highest BCUT2D eigenvalue weighted by Gasteiger charge is 2.11. The van der Waals surface area contributed by atoms with Gasteiger partial charge in [0.25, 0.3) is 0 Å². The van der Waals surface area contributed by atoms with Crippen molar-refractivity contribution in [3.05, 3.63) is 64.4 Å². The van der Waals surface area contributed by atoms with Gasteiger partial charge in [0, 0.05) is 22.2 Å². The molecule has 0 aliphatic heterocycles. The van der Waals surface area contributed by atoms with Crippen molar-refractivity contribution in [2.24, 2.45) is 0 Å². The summed E-state index contributed by atoms with van der Waals surface area (Å²) in [5.74, 6) is -0.0755. The Bertz CT molecular complexity index is 570. The number of rotatable bonds is 4. The Labute approximate surface area is 116 Å². The minimum atomic E-state index is -0.721. The van der Waals surface area contributed by atoms with E-state index >= 15 is 0 Å². The lowest BCUT2D eigenvalue weighted by atomic mass is 10.1. The third-order valence-corrected chi connectivity index (χ3v) is 3.14. The normalized spacial score (nSPS) is 12.2. The summed E-state index contributed by atoms with van der Waals surface area (Å²) in [6.07, 6.45) is -0.721. The summed E-state index contributed by atoms with van der Waals surface area (Å²) in [7, 11) is 0. The summed E-state index contributed by atoms with van der Waals surface area (Å²) in [6.45, 7) is 1.83. The minimum absolute atomic E-state index is 0.225. The first-order valence-electron chi connectivity index (χ1n) is 5.91. The number of aliphatic hydroxyl groups is 1. The highest BCUT2D eigenvalue weighted by atomic mass is 35.5. The summed E-state index contributed by atoms with van der Waals surface area (Å²) in [5.41, 5.74) is 1.36. The first-order valence-corrected chi connectivity index (χ1v) is 6.29. The molecule has 0 spiro atoms. The van der Waals surface area contributed by atoms with Crippen LogP contribution in [-0.4, -0.2) is 5.11 Å². The minimum Gasteiger partial charge on any atom is -0.488 e. The van der Waals surface area contributed by atoms with E-state index in [9.17, 15) is 9.50 Å². The molecule has 0 amide bonds. The van der Waals surface area contributed by atoms with Crippen LogP contribution in [0.4, 0.5) is 4.39 Å². The van der Waals surface area contributed by atoms with Crippen LogP contribution in [0.5, 0.6) is 5.75 Å². The lowest BCUT2D eigenvalue weighted by Gasteiger charge is -2.14. The van der Waals surface area contributed by atoms with Crippen molar-refractivity contribution in [2.75, 3.05) is 0 Å². The van der Waals surface area contributed by atoms with Crippen LogP contribution < -0.4 is 4.74 Å². The molecule has 0 aliphatic carbocycles. The highest BCUT2D eigenvalue weighted by molar-refractivity contribution is 6.31. The summed E-state index contributed by atoms with van der Waals surface area (Å²) < 4.78 is 18.8. The van der Waals surface area contributed by atoms with Crippen LogP contribution in [0.3, 0.4) is 0 Å². The van der Waals surface area contributed by atoms with E-state index < -0.39 is 11.9 Å². The molecular weight excluding hydrogens is 267 g/mol. The van der Waals surface area contributed by atoms with Gasteiger partial charge in [0.15, 0.2) is 0 Å². The smallest absolute Gasteiger partial charge is 0.128 e. The van der Waals surface area contributed by atoms with Crippen LogP contribution >= 0.6 is 11.6 Å². The van der Waals surface area contributed by atoms with E-state index in [1.165, 1.54) is 18.2 Å². The van der Waals surface area contributed by atoms with Gasteiger partial charge in [-0.05, 0) is 25.1 Å². The third kappa shape index (κ3) is 3.46. The Morgan fingerprint density at radius 3 is 2.68 bits per heavy atom. The molecule has 0 fully saturated rings. The topological polar surface area (TPSA) is 29.5 Å². The fraction of sp³-hybridized carbons (Fsp3) is 0.200. The van der Waals surface area contributed by atoms with E-state index in [2.05, 4.69) is 0 Å². The van der Waals surface area contributed by atoms with Gasteiger partial charge in [0.05, 0.1) is 6.10 Å². The molecule has 2 aromatic carbocycles. The van der Waals surface area contributed by atoms with Gasteiger partial charge in [-0.15, -0.1) is 0 Å². The van der Waals surface area contributed by atoms with Crippen LogP contribution in [0.25, 0.3) is 0 Å². The van der Waals surface area contributed by atoms with Crippen molar-refractivity contribution in [2.45, 2.75) is 19.6 Å². The van der Waals surface area contributed by atoms with E-state index in [1.54, 1.807) is 13.0 Å². The number of hydrogen-bond acceptors (Lipinski definition) is 2. The lowest BCUT2D eigenvalue weighted by Crippen LogP contribution is -2.02. The molecule has 0 bridgehead atoms. The maximum atomic E-state index is 13.2. The van der Waals surface area contributed by atoms with Crippen LogP contribution in [0.1, 0.15) is 24.2 Å². The van der Waals surface area contributed by atoms with Crippen LogP contribution in [0, 0.1) is 5.82 Å². The predicted octanol–water partition coefficient (Wildman–Crippen LogP) is 4.11. The fourth-order valence-electron chi connectivity index (χ4n) is 1.75. The van der Waals surface area contributed by atoms with E-state index in [0.29, 0.717) is 16.3 Å². The van der Waals surface area contributed by atoms with E-state index in [1.807, 2.05) is 18.2 Å². The molecule has 0 radical (unpaired) electrons. The second-order valence-corrected chi connectivity index (χ2v) is 4.65. The molecule has 0 aromatic heterocycles. The maximum Gasteiger partial charge on any atom is 0.128 e.